The molecule has 0 bridgehead atoms. The second-order valence-electron chi connectivity index (χ2n) is 4.78. The molecule has 0 unspecified atom stereocenters. The lowest BCUT2D eigenvalue weighted by Crippen LogP contribution is -2.43. The summed E-state index contributed by atoms with van der Waals surface area (Å²) in [6, 6.07) is 0.616. The highest BCUT2D eigenvalue weighted by molar-refractivity contribution is 5.91. The van der Waals surface area contributed by atoms with Gasteiger partial charge in [-0.25, -0.2) is 4.68 Å². The smallest absolute Gasteiger partial charge is 0.276 e. The van der Waals surface area contributed by atoms with E-state index in [1.807, 2.05) is 7.05 Å². The number of amides is 1. The lowest BCUT2D eigenvalue weighted by Gasteiger charge is -2.26. The van der Waals surface area contributed by atoms with Gasteiger partial charge in [-0.1, -0.05) is 19.1 Å². The molecular weight excluding hydrogens is 230 g/mol. The highest BCUT2D eigenvalue weighted by Gasteiger charge is 2.24. The lowest BCUT2D eigenvalue weighted by molar-refractivity contribution is 0.0717. The summed E-state index contributed by atoms with van der Waals surface area (Å²) in [5.41, 5.74) is 0.441. The van der Waals surface area contributed by atoms with E-state index in [2.05, 4.69) is 29.5 Å². The minimum absolute atomic E-state index is 0.0396. The Morgan fingerprint density at radius 1 is 1.56 bits per heavy atom. The van der Waals surface area contributed by atoms with Gasteiger partial charge in [-0.05, 0) is 12.8 Å². The van der Waals surface area contributed by atoms with E-state index in [0.29, 0.717) is 11.7 Å². The Hall–Kier alpha value is -1.43. The van der Waals surface area contributed by atoms with E-state index in [1.165, 1.54) is 0 Å². The molecule has 1 amide bonds. The Balaban J connectivity index is 2.05. The number of rotatable bonds is 5. The predicted molar refractivity (Wildman–Crippen MR) is 68.4 cm³/mol. The second kappa shape index (κ2) is 5.48. The van der Waals surface area contributed by atoms with E-state index in [4.69, 9.17) is 0 Å². The summed E-state index contributed by atoms with van der Waals surface area (Å²) in [5.74, 6) is -0.0396. The van der Waals surface area contributed by atoms with Crippen LogP contribution in [-0.4, -0.2) is 52.0 Å². The second-order valence-corrected chi connectivity index (χ2v) is 4.78. The van der Waals surface area contributed by atoms with Crippen LogP contribution in [0.15, 0.2) is 6.20 Å². The number of carbonyl (C=O) groups is 1. The molecule has 0 aromatic carbocycles. The number of aromatic nitrogens is 3. The van der Waals surface area contributed by atoms with Gasteiger partial charge >= 0.3 is 0 Å². The Labute approximate surface area is 107 Å². The van der Waals surface area contributed by atoms with Gasteiger partial charge in [0.25, 0.3) is 5.91 Å². The molecule has 0 atom stereocenters. The Morgan fingerprint density at radius 2 is 2.22 bits per heavy atom. The van der Waals surface area contributed by atoms with Crippen LogP contribution in [0.4, 0.5) is 0 Å². The summed E-state index contributed by atoms with van der Waals surface area (Å²) in [6.45, 7) is 5.99. The first-order valence-corrected chi connectivity index (χ1v) is 6.57. The first-order valence-electron chi connectivity index (χ1n) is 6.57. The molecule has 2 rings (SSSR count). The molecule has 0 spiro atoms. The topological polar surface area (TPSA) is 63.1 Å². The van der Waals surface area contributed by atoms with Crippen molar-refractivity contribution in [3.63, 3.8) is 0 Å². The fraction of sp³-hybridized carbons (Fsp3) is 0.750. The SMILES string of the molecule is CCC(CC)N(C)C(=O)c1cn(C2CNC2)nn1. The predicted octanol–water partition coefficient (Wildman–Crippen LogP) is 0.683. The van der Waals surface area contributed by atoms with Crippen molar-refractivity contribution in [1.29, 1.82) is 0 Å². The van der Waals surface area contributed by atoms with Crippen LogP contribution in [0.25, 0.3) is 0 Å². The maximum atomic E-state index is 12.2. The summed E-state index contributed by atoms with van der Waals surface area (Å²) >= 11 is 0. The maximum Gasteiger partial charge on any atom is 0.276 e. The van der Waals surface area contributed by atoms with Gasteiger partial charge in [-0.3, -0.25) is 4.79 Å². The maximum absolute atomic E-state index is 12.2. The van der Waals surface area contributed by atoms with Crippen LogP contribution in [0, 0.1) is 0 Å². The number of nitrogens with one attached hydrogen (secondary N) is 1. The molecule has 6 heteroatoms. The quantitative estimate of drug-likeness (QED) is 0.836. The van der Waals surface area contributed by atoms with Gasteiger partial charge in [-0.2, -0.15) is 0 Å². The third kappa shape index (κ3) is 2.38. The average Bonchev–Trinajstić information content (AvgIpc) is 2.76. The van der Waals surface area contributed by atoms with E-state index < -0.39 is 0 Å². The van der Waals surface area contributed by atoms with Crippen LogP contribution < -0.4 is 5.32 Å². The van der Waals surface area contributed by atoms with Gasteiger partial charge in [0.1, 0.15) is 0 Å². The van der Waals surface area contributed by atoms with Crippen LogP contribution in [0.3, 0.4) is 0 Å². The zero-order chi connectivity index (χ0) is 13.1. The summed E-state index contributed by atoms with van der Waals surface area (Å²) in [4.78, 5) is 14.0. The zero-order valence-electron chi connectivity index (χ0n) is 11.3. The molecular formula is C12H21N5O. The molecule has 0 radical (unpaired) electrons. The molecule has 1 aliphatic heterocycles. The van der Waals surface area contributed by atoms with E-state index in [1.54, 1.807) is 15.8 Å². The highest BCUT2D eigenvalue weighted by Crippen LogP contribution is 2.13. The van der Waals surface area contributed by atoms with Crippen LogP contribution in [0.5, 0.6) is 0 Å². The fourth-order valence-corrected chi connectivity index (χ4v) is 2.20. The van der Waals surface area contributed by atoms with E-state index >= 15 is 0 Å². The molecule has 0 saturated carbocycles. The van der Waals surface area contributed by atoms with Crippen molar-refractivity contribution in [2.45, 2.75) is 38.8 Å². The normalized spacial score (nSPS) is 15.8. The highest BCUT2D eigenvalue weighted by atomic mass is 16.2. The summed E-state index contributed by atoms with van der Waals surface area (Å²) in [6.07, 6.45) is 3.67. The largest absolute Gasteiger partial charge is 0.337 e. The van der Waals surface area contributed by atoms with E-state index in [9.17, 15) is 4.79 Å². The average molecular weight is 251 g/mol. The minimum atomic E-state index is -0.0396. The first kappa shape index (κ1) is 13.0. The number of carbonyl (C=O) groups excluding carboxylic acids is 1. The van der Waals surface area contributed by atoms with Gasteiger partial charge in [0.2, 0.25) is 0 Å². The summed E-state index contributed by atoms with van der Waals surface area (Å²) < 4.78 is 1.78. The van der Waals surface area contributed by atoms with Crippen molar-refractivity contribution in [3.05, 3.63) is 11.9 Å². The molecule has 1 aliphatic rings. The Kier molecular flexibility index (Phi) is 3.96. The van der Waals surface area contributed by atoms with Gasteiger partial charge in [0.15, 0.2) is 5.69 Å². The number of hydrogen-bond donors (Lipinski definition) is 1. The van der Waals surface area contributed by atoms with Gasteiger partial charge in [0, 0.05) is 26.2 Å². The first-order chi connectivity index (χ1) is 8.67. The minimum Gasteiger partial charge on any atom is -0.337 e. The molecule has 2 heterocycles. The Morgan fingerprint density at radius 3 is 2.72 bits per heavy atom. The van der Waals surface area contributed by atoms with Crippen molar-refractivity contribution < 1.29 is 4.79 Å². The van der Waals surface area contributed by atoms with Crippen molar-refractivity contribution >= 4 is 5.91 Å². The van der Waals surface area contributed by atoms with Crippen molar-refractivity contribution in [1.82, 2.24) is 25.2 Å². The third-order valence-corrected chi connectivity index (χ3v) is 3.67. The lowest BCUT2D eigenvalue weighted by atomic mass is 10.1. The molecule has 1 N–H and O–H groups in total. The third-order valence-electron chi connectivity index (χ3n) is 3.67. The van der Waals surface area contributed by atoms with Crippen LogP contribution >= 0.6 is 0 Å². The molecule has 1 aromatic rings. The number of hydrogen-bond acceptors (Lipinski definition) is 4. The van der Waals surface area contributed by atoms with Crippen molar-refractivity contribution in [2.75, 3.05) is 20.1 Å². The molecule has 100 valence electrons. The summed E-state index contributed by atoms with van der Waals surface area (Å²) in [5, 5.41) is 11.2. The monoisotopic (exact) mass is 251 g/mol. The van der Waals surface area contributed by atoms with Crippen LogP contribution in [0.2, 0.25) is 0 Å². The fourth-order valence-electron chi connectivity index (χ4n) is 2.20. The molecule has 6 nitrogen and oxygen atoms in total. The molecule has 1 aromatic heterocycles. The van der Waals surface area contributed by atoms with Crippen LogP contribution in [0.1, 0.15) is 43.2 Å². The standard InChI is InChI=1S/C12H21N5O/c1-4-9(5-2)16(3)12(18)11-8-17(15-14-11)10-6-13-7-10/h8-10,13H,4-7H2,1-3H3. The van der Waals surface area contributed by atoms with E-state index in [0.717, 1.165) is 25.9 Å². The molecule has 18 heavy (non-hydrogen) atoms. The van der Waals surface area contributed by atoms with Crippen molar-refractivity contribution in [2.24, 2.45) is 0 Å². The van der Waals surface area contributed by atoms with Crippen LogP contribution in [-0.2, 0) is 0 Å². The summed E-state index contributed by atoms with van der Waals surface area (Å²) in [7, 11) is 1.84. The van der Waals surface area contributed by atoms with Gasteiger partial charge in [-0.15, -0.1) is 5.10 Å². The molecule has 1 saturated heterocycles. The molecule has 1 fully saturated rings. The van der Waals surface area contributed by atoms with Gasteiger partial charge < -0.3 is 10.2 Å². The van der Waals surface area contributed by atoms with E-state index in [-0.39, 0.29) is 11.9 Å². The zero-order valence-corrected chi connectivity index (χ0v) is 11.3. The van der Waals surface area contributed by atoms with Crippen molar-refractivity contribution in [3.8, 4) is 0 Å². The number of nitrogens with zero attached hydrogens (tertiary/aromatic N) is 4. The Bertz CT molecular complexity index is 408. The molecule has 0 aliphatic carbocycles. The van der Waals surface area contributed by atoms with Gasteiger partial charge in [0.05, 0.1) is 12.2 Å².